The molecule has 6 heteroatoms. The number of nitrogens with two attached hydrogens (primary N) is 1. The Balaban J connectivity index is 2.07. The van der Waals surface area contributed by atoms with Gasteiger partial charge in [0.05, 0.1) is 12.2 Å². The van der Waals surface area contributed by atoms with Crippen molar-refractivity contribution in [2.24, 2.45) is 5.73 Å². The largest absolute Gasteiger partial charge is 0.389 e. The molecule has 0 saturated heterocycles. The summed E-state index contributed by atoms with van der Waals surface area (Å²) in [7, 11) is 0. The highest BCUT2D eigenvalue weighted by Crippen LogP contribution is 2.15. The number of rotatable bonds is 4. The van der Waals surface area contributed by atoms with Crippen LogP contribution in [0.4, 0.5) is 10.1 Å². The van der Waals surface area contributed by atoms with Crippen molar-refractivity contribution in [1.82, 2.24) is 10.2 Å². The molecule has 1 aromatic heterocycles. The van der Waals surface area contributed by atoms with Crippen LogP contribution in [0.1, 0.15) is 11.3 Å². The molecular formula is C12H11FN4S. The van der Waals surface area contributed by atoms with Crippen LogP contribution in [0, 0.1) is 5.82 Å². The molecule has 0 radical (unpaired) electrons. The van der Waals surface area contributed by atoms with Crippen LogP contribution in [0.2, 0.25) is 0 Å². The first kappa shape index (κ1) is 12.4. The average molecular weight is 262 g/mol. The van der Waals surface area contributed by atoms with Crippen LogP contribution in [-0.4, -0.2) is 15.2 Å². The van der Waals surface area contributed by atoms with Gasteiger partial charge in [-0.15, -0.1) is 0 Å². The highest BCUT2D eigenvalue weighted by atomic mass is 32.1. The Labute approximate surface area is 109 Å². The Morgan fingerprint density at radius 2 is 2.22 bits per heavy atom. The third kappa shape index (κ3) is 2.98. The second-order valence-corrected chi connectivity index (χ2v) is 4.07. The summed E-state index contributed by atoms with van der Waals surface area (Å²) in [5.41, 5.74) is 7.04. The van der Waals surface area contributed by atoms with Crippen molar-refractivity contribution < 1.29 is 4.39 Å². The van der Waals surface area contributed by atoms with E-state index >= 15 is 0 Å². The normalized spacial score (nSPS) is 10.1. The third-order valence-corrected chi connectivity index (χ3v) is 2.56. The molecule has 0 spiro atoms. The summed E-state index contributed by atoms with van der Waals surface area (Å²) in [5.74, 6) is -0.438. The van der Waals surface area contributed by atoms with Gasteiger partial charge >= 0.3 is 0 Å². The van der Waals surface area contributed by atoms with Gasteiger partial charge in [0.15, 0.2) is 0 Å². The zero-order valence-corrected chi connectivity index (χ0v) is 10.2. The highest BCUT2D eigenvalue weighted by molar-refractivity contribution is 7.80. The molecule has 0 unspecified atom stereocenters. The van der Waals surface area contributed by atoms with Gasteiger partial charge in [-0.2, -0.15) is 10.2 Å². The highest BCUT2D eigenvalue weighted by Gasteiger charge is 2.05. The minimum Gasteiger partial charge on any atom is -0.389 e. The molecule has 0 aliphatic heterocycles. The van der Waals surface area contributed by atoms with E-state index in [9.17, 15) is 4.39 Å². The molecule has 0 atom stereocenters. The van der Waals surface area contributed by atoms with Crippen LogP contribution < -0.4 is 11.1 Å². The van der Waals surface area contributed by atoms with Gasteiger partial charge in [-0.1, -0.05) is 12.2 Å². The van der Waals surface area contributed by atoms with Gasteiger partial charge < -0.3 is 11.1 Å². The minimum absolute atomic E-state index is 0.0491. The molecule has 2 aromatic rings. The van der Waals surface area contributed by atoms with Crippen molar-refractivity contribution in [1.29, 1.82) is 0 Å². The number of nitrogens with one attached hydrogen (secondary N) is 1. The van der Waals surface area contributed by atoms with Crippen molar-refractivity contribution in [2.75, 3.05) is 5.32 Å². The lowest BCUT2D eigenvalue weighted by Crippen LogP contribution is -2.12. The van der Waals surface area contributed by atoms with Crippen LogP contribution in [-0.2, 0) is 6.54 Å². The molecule has 0 aliphatic carbocycles. The lowest BCUT2D eigenvalue weighted by molar-refractivity contribution is 0.626. The van der Waals surface area contributed by atoms with Gasteiger partial charge in [0.1, 0.15) is 10.8 Å². The van der Waals surface area contributed by atoms with Gasteiger partial charge in [-0.05, 0) is 30.3 Å². The van der Waals surface area contributed by atoms with E-state index in [4.69, 9.17) is 18.0 Å². The van der Waals surface area contributed by atoms with E-state index in [1.165, 1.54) is 6.07 Å². The second kappa shape index (κ2) is 5.50. The third-order valence-electron chi connectivity index (χ3n) is 2.34. The molecule has 0 bridgehead atoms. The number of aromatic nitrogens is 2. The zero-order chi connectivity index (χ0) is 13.0. The van der Waals surface area contributed by atoms with Crippen molar-refractivity contribution in [3.05, 3.63) is 53.6 Å². The van der Waals surface area contributed by atoms with Crippen molar-refractivity contribution in [2.45, 2.75) is 6.54 Å². The Morgan fingerprint density at radius 3 is 2.83 bits per heavy atom. The van der Waals surface area contributed by atoms with Crippen LogP contribution in [0.5, 0.6) is 0 Å². The molecule has 0 fully saturated rings. The monoisotopic (exact) mass is 262 g/mol. The van der Waals surface area contributed by atoms with Gasteiger partial charge in [0.25, 0.3) is 0 Å². The van der Waals surface area contributed by atoms with Crippen molar-refractivity contribution in [3.63, 3.8) is 0 Å². The Kier molecular flexibility index (Phi) is 3.78. The molecule has 18 heavy (non-hydrogen) atoms. The number of thiocarbonyl (C=S) groups is 1. The number of halogens is 1. The maximum atomic E-state index is 13.6. The summed E-state index contributed by atoms with van der Waals surface area (Å²) >= 11 is 4.73. The molecule has 92 valence electrons. The SMILES string of the molecule is NC(=S)c1ccc(NCc2cccnn2)cc1F. The number of hydrogen-bond acceptors (Lipinski definition) is 4. The van der Waals surface area contributed by atoms with E-state index in [-0.39, 0.29) is 10.6 Å². The molecule has 0 saturated carbocycles. The van der Waals surface area contributed by atoms with E-state index in [0.29, 0.717) is 12.2 Å². The maximum absolute atomic E-state index is 13.6. The summed E-state index contributed by atoms with van der Waals surface area (Å²) in [5, 5.41) is 10.7. The Bertz CT molecular complexity index is 559. The van der Waals surface area contributed by atoms with E-state index in [1.807, 2.05) is 6.07 Å². The molecule has 2 rings (SSSR count). The van der Waals surface area contributed by atoms with Crippen LogP contribution in [0.3, 0.4) is 0 Å². The van der Waals surface area contributed by atoms with Gasteiger partial charge in [0.2, 0.25) is 0 Å². The fourth-order valence-corrected chi connectivity index (χ4v) is 1.61. The van der Waals surface area contributed by atoms with Crippen LogP contribution in [0.25, 0.3) is 0 Å². The van der Waals surface area contributed by atoms with Crippen LogP contribution >= 0.6 is 12.2 Å². The molecular weight excluding hydrogens is 251 g/mol. The van der Waals surface area contributed by atoms with E-state index in [1.54, 1.807) is 24.4 Å². The number of anilines is 1. The second-order valence-electron chi connectivity index (χ2n) is 3.63. The van der Waals surface area contributed by atoms with E-state index in [0.717, 1.165) is 5.69 Å². The predicted molar refractivity (Wildman–Crippen MR) is 71.6 cm³/mol. The first-order chi connectivity index (χ1) is 8.66. The fraction of sp³-hybridized carbons (Fsp3) is 0.0833. The molecule has 1 aromatic carbocycles. The molecule has 4 nitrogen and oxygen atoms in total. The molecule has 0 amide bonds. The number of benzene rings is 1. The smallest absolute Gasteiger partial charge is 0.135 e. The first-order valence-corrected chi connectivity index (χ1v) is 5.67. The lowest BCUT2D eigenvalue weighted by Gasteiger charge is -2.07. The average Bonchev–Trinajstić information content (AvgIpc) is 2.37. The quantitative estimate of drug-likeness (QED) is 0.823. The predicted octanol–water partition coefficient (Wildman–Crippen LogP) is 1.86. The van der Waals surface area contributed by atoms with Crippen molar-refractivity contribution >= 4 is 22.9 Å². The van der Waals surface area contributed by atoms with Crippen LogP contribution in [0.15, 0.2) is 36.5 Å². The van der Waals surface area contributed by atoms with Crippen molar-refractivity contribution in [3.8, 4) is 0 Å². The minimum atomic E-state index is -0.438. The summed E-state index contributed by atoms with van der Waals surface area (Å²) in [6.07, 6.45) is 1.60. The number of nitrogens with zero attached hydrogens (tertiary/aromatic N) is 2. The molecule has 3 N–H and O–H groups in total. The summed E-state index contributed by atoms with van der Waals surface area (Å²) in [4.78, 5) is 0.0491. The maximum Gasteiger partial charge on any atom is 0.135 e. The summed E-state index contributed by atoms with van der Waals surface area (Å²) in [6, 6.07) is 8.25. The summed E-state index contributed by atoms with van der Waals surface area (Å²) in [6.45, 7) is 0.472. The lowest BCUT2D eigenvalue weighted by atomic mass is 10.2. The Hall–Kier alpha value is -2.08. The standard InChI is InChI=1S/C12H11FN4S/c13-11-6-8(3-4-10(11)12(14)18)15-7-9-2-1-5-16-17-9/h1-6,15H,7H2,(H2,14,18). The zero-order valence-electron chi connectivity index (χ0n) is 9.43. The van der Waals surface area contributed by atoms with Gasteiger partial charge in [0, 0.05) is 17.4 Å². The topological polar surface area (TPSA) is 63.8 Å². The Morgan fingerprint density at radius 1 is 1.39 bits per heavy atom. The van der Waals surface area contributed by atoms with E-state index in [2.05, 4.69) is 15.5 Å². The first-order valence-electron chi connectivity index (χ1n) is 5.26. The summed E-state index contributed by atoms with van der Waals surface area (Å²) < 4.78 is 13.6. The number of hydrogen-bond donors (Lipinski definition) is 2. The van der Waals surface area contributed by atoms with Gasteiger partial charge in [-0.25, -0.2) is 4.39 Å². The molecule has 0 aliphatic rings. The molecule has 1 heterocycles. The fourth-order valence-electron chi connectivity index (χ4n) is 1.45. The van der Waals surface area contributed by atoms with E-state index < -0.39 is 5.82 Å². The van der Waals surface area contributed by atoms with Gasteiger partial charge in [-0.3, -0.25) is 0 Å².